The summed E-state index contributed by atoms with van der Waals surface area (Å²) in [5, 5.41) is 31.9. The van der Waals surface area contributed by atoms with Crippen LogP contribution in [-0.4, -0.2) is 29.0 Å². The first kappa shape index (κ1) is 16.7. The zero-order valence-electron chi connectivity index (χ0n) is 13.0. The Morgan fingerprint density at radius 3 is 2.57 bits per heavy atom. The molecule has 23 heavy (non-hydrogen) atoms. The number of phenols is 2. The Balaban J connectivity index is 2.26. The highest BCUT2D eigenvalue weighted by atomic mass is 16.5. The van der Waals surface area contributed by atoms with Crippen LogP contribution < -0.4 is 10.1 Å². The number of rotatable bonds is 7. The lowest BCUT2D eigenvalue weighted by Crippen LogP contribution is -2.12. The maximum atomic E-state index is 9.84. The molecule has 5 nitrogen and oxygen atoms in total. The molecule has 0 fully saturated rings. The molecule has 5 heteroatoms. The number of phenolic OH excluding ortho intramolecular Hbond substituents is 2. The van der Waals surface area contributed by atoms with E-state index in [4.69, 9.17) is 9.84 Å². The molecular formula is C18H21NO4. The van der Waals surface area contributed by atoms with Crippen LogP contribution in [0.25, 0.3) is 5.70 Å². The summed E-state index contributed by atoms with van der Waals surface area (Å²) in [4.78, 5) is 0. The van der Waals surface area contributed by atoms with Crippen molar-refractivity contribution in [2.24, 2.45) is 0 Å². The van der Waals surface area contributed by atoms with E-state index in [-0.39, 0.29) is 23.9 Å². The standard InChI is InChI=1S/C18H21NO4/c1-23-17-11-14(10-16(21)18(17)22)15(8-5-9-20)19-12-13-6-3-2-4-7-13/h2-4,6-8,10-11,19-22H,5,9,12H2,1H3/b15-8-. The molecule has 4 N–H and O–H groups in total. The summed E-state index contributed by atoms with van der Waals surface area (Å²) in [5.74, 6) is -0.354. The van der Waals surface area contributed by atoms with Crippen LogP contribution in [0.1, 0.15) is 17.5 Å². The highest BCUT2D eigenvalue weighted by Gasteiger charge is 2.12. The molecule has 0 aliphatic heterocycles. The third-order valence-electron chi connectivity index (χ3n) is 3.39. The first-order chi connectivity index (χ1) is 11.2. The number of hydrogen-bond acceptors (Lipinski definition) is 5. The van der Waals surface area contributed by atoms with E-state index in [0.717, 1.165) is 11.3 Å². The van der Waals surface area contributed by atoms with Crippen LogP contribution in [0.5, 0.6) is 17.2 Å². The highest BCUT2D eigenvalue weighted by Crippen LogP contribution is 2.37. The van der Waals surface area contributed by atoms with Crippen LogP contribution in [-0.2, 0) is 6.54 Å². The van der Waals surface area contributed by atoms with Gasteiger partial charge < -0.3 is 25.4 Å². The van der Waals surface area contributed by atoms with E-state index < -0.39 is 0 Å². The predicted molar refractivity (Wildman–Crippen MR) is 89.3 cm³/mol. The highest BCUT2D eigenvalue weighted by molar-refractivity contribution is 5.69. The third kappa shape index (κ3) is 4.40. The Kier molecular flexibility index (Phi) is 5.88. The number of hydrogen-bond donors (Lipinski definition) is 4. The van der Waals surface area contributed by atoms with Gasteiger partial charge in [-0.3, -0.25) is 0 Å². The molecule has 0 saturated heterocycles. The van der Waals surface area contributed by atoms with Crippen molar-refractivity contribution in [2.75, 3.05) is 13.7 Å². The van der Waals surface area contributed by atoms with Crippen molar-refractivity contribution in [3.8, 4) is 17.2 Å². The number of aromatic hydroxyl groups is 2. The second kappa shape index (κ2) is 8.10. The van der Waals surface area contributed by atoms with Crippen molar-refractivity contribution in [2.45, 2.75) is 13.0 Å². The maximum absolute atomic E-state index is 9.84. The van der Waals surface area contributed by atoms with E-state index in [0.29, 0.717) is 18.5 Å². The van der Waals surface area contributed by atoms with E-state index in [9.17, 15) is 10.2 Å². The van der Waals surface area contributed by atoms with Gasteiger partial charge in [-0.2, -0.15) is 0 Å². The summed E-state index contributed by atoms with van der Waals surface area (Å²) < 4.78 is 5.07. The van der Waals surface area contributed by atoms with Crippen molar-refractivity contribution in [3.05, 3.63) is 59.7 Å². The molecule has 2 aromatic carbocycles. The lowest BCUT2D eigenvalue weighted by Gasteiger charge is -2.14. The average Bonchev–Trinajstić information content (AvgIpc) is 2.58. The number of methoxy groups -OCH3 is 1. The molecular weight excluding hydrogens is 294 g/mol. The van der Waals surface area contributed by atoms with Crippen LogP contribution in [0, 0.1) is 0 Å². The fraction of sp³-hybridized carbons (Fsp3) is 0.222. The number of ether oxygens (including phenoxy) is 1. The molecule has 0 atom stereocenters. The van der Waals surface area contributed by atoms with Crippen molar-refractivity contribution >= 4 is 5.70 Å². The summed E-state index contributed by atoms with van der Waals surface area (Å²) in [6, 6.07) is 13.0. The summed E-state index contributed by atoms with van der Waals surface area (Å²) >= 11 is 0. The monoisotopic (exact) mass is 315 g/mol. The van der Waals surface area contributed by atoms with Crippen molar-refractivity contribution in [1.29, 1.82) is 0 Å². The lowest BCUT2D eigenvalue weighted by atomic mass is 10.1. The molecule has 0 aromatic heterocycles. The molecule has 0 aliphatic carbocycles. The Bertz CT molecular complexity index is 668. The fourth-order valence-electron chi connectivity index (χ4n) is 2.20. The minimum absolute atomic E-state index is 0.0255. The Hall–Kier alpha value is -2.66. The SMILES string of the molecule is COc1cc(/C(=C/CCO)NCc2ccccc2)cc(O)c1O. The van der Waals surface area contributed by atoms with E-state index in [2.05, 4.69) is 5.32 Å². The van der Waals surface area contributed by atoms with Gasteiger partial charge in [-0.1, -0.05) is 36.4 Å². The van der Waals surface area contributed by atoms with Gasteiger partial charge in [0.1, 0.15) is 0 Å². The Morgan fingerprint density at radius 1 is 1.17 bits per heavy atom. The van der Waals surface area contributed by atoms with Gasteiger partial charge in [-0.05, 0) is 24.1 Å². The van der Waals surface area contributed by atoms with Gasteiger partial charge in [-0.25, -0.2) is 0 Å². The first-order valence-electron chi connectivity index (χ1n) is 7.35. The van der Waals surface area contributed by atoms with Gasteiger partial charge in [-0.15, -0.1) is 0 Å². The second-order valence-electron chi connectivity index (χ2n) is 5.02. The molecule has 0 heterocycles. The average molecular weight is 315 g/mol. The molecule has 0 bridgehead atoms. The smallest absolute Gasteiger partial charge is 0.200 e. The van der Waals surface area contributed by atoms with Gasteiger partial charge in [0.15, 0.2) is 11.5 Å². The number of aliphatic hydroxyl groups excluding tert-OH is 1. The minimum Gasteiger partial charge on any atom is -0.504 e. The van der Waals surface area contributed by atoms with Crippen molar-refractivity contribution < 1.29 is 20.1 Å². The van der Waals surface area contributed by atoms with Crippen LogP contribution in [0.3, 0.4) is 0 Å². The molecule has 0 aliphatic rings. The van der Waals surface area contributed by atoms with Crippen LogP contribution >= 0.6 is 0 Å². The summed E-state index contributed by atoms with van der Waals surface area (Å²) in [7, 11) is 1.42. The Morgan fingerprint density at radius 2 is 1.91 bits per heavy atom. The molecule has 2 aromatic rings. The van der Waals surface area contributed by atoms with Crippen LogP contribution in [0.2, 0.25) is 0 Å². The second-order valence-corrected chi connectivity index (χ2v) is 5.02. The predicted octanol–water partition coefficient (Wildman–Crippen LogP) is 2.62. The van der Waals surface area contributed by atoms with Crippen molar-refractivity contribution in [1.82, 2.24) is 5.32 Å². The largest absolute Gasteiger partial charge is 0.504 e. The molecule has 0 saturated carbocycles. The zero-order valence-corrected chi connectivity index (χ0v) is 13.0. The lowest BCUT2D eigenvalue weighted by molar-refractivity contribution is 0.302. The van der Waals surface area contributed by atoms with Gasteiger partial charge in [0.2, 0.25) is 5.75 Å². The van der Waals surface area contributed by atoms with Crippen LogP contribution in [0.15, 0.2) is 48.5 Å². The fourth-order valence-corrected chi connectivity index (χ4v) is 2.20. The number of aliphatic hydroxyl groups is 1. The molecule has 122 valence electrons. The third-order valence-corrected chi connectivity index (χ3v) is 3.39. The number of nitrogens with one attached hydrogen (secondary N) is 1. The first-order valence-corrected chi connectivity index (χ1v) is 7.35. The van der Waals surface area contributed by atoms with E-state index in [1.165, 1.54) is 13.2 Å². The summed E-state index contributed by atoms with van der Waals surface area (Å²) in [5.41, 5.74) is 2.52. The molecule has 0 radical (unpaired) electrons. The van der Waals surface area contributed by atoms with Crippen LogP contribution in [0.4, 0.5) is 0 Å². The van der Waals surface area contributed by atoms with Crippen molar-refractivity contribution in [3.63, 3.8) is 0 Å². The van der Waals surface area contributed by atoms with Gasteiger partial charge in [0.25, 0.3) is 0 Å². The quantitative estimate of drug-likeness (QED) is 0.591. The molecule has 0 unspecified atom stereocenters. The maximum Gasteiger partial charge on any atom is 0.200 e. The number of benzene rings is 2. The summed E-state index contributed by atoms with van der Waals surface area (Å²) in [6.07, 6.45) is 2.31. The van der Waals surface area contributed by atoms with Gasteiger partial charge >= 0.3 is 0 Å². The normalized spacial score (nSPS) is 11.3. The molecule has 0 spiro atoms. The van der Waals surface area contributed by atoms with Gasteiger partial charge in [0, 0.05) is 24.4 Å². The topological polar surface area (TPSA) is 82.0 Å². The molecule has 2 rings (SSSR count). The zero-order chi connectivity index (χ0) is 16.7. The Labute approximate surface area is 135 Å². The van der Waals surface area contributed by atoms with E-state index in [1.807, 2.05) is 36.4 Å². The minimum atomic E-state index is -0.291. The summed E-state index contributed by atoms with van der Waals surface area (Å²) in [6.45, 7) is 0.625. The van der Waals surface area contributed by atoms with E-state index in [1.54, 1.807) is 6.07 Å². The van der Waals surface area contributed by atoms with E-state index >= 15 is 0 Å². The van der Waals surface area contributed by atoms with Gasteiger partial charge in [0.05, 0.1) is 7.11 Å². The molecule has 0 amide bonds.